The third-order valence-corrected chi connectivity index (χ3v) is 10.6. The number of rotatable bonds is 7. The molecule has 0 aliphatic carbocycles. The Balaban J connectivity index is 1.19. The third kappa shape index (κ3) is 5.56. The molecular formula is C48H33NS. The van der Waals surface area contributed by atoms with Crippen LogP contribution >= 0.6 is 11.3 Å². The average Bonchev–Trinajstić information content (AvgIpc) is 3.57. The van der Waals surface area contributed by atoms with Crippen LogP contribution in [0.25, 0.3) is 64.7 Å². The molecule has 0 saturated heterocycles. The minimum Gasteiger partial charge on any atom is -0.310 e. The number of anilines is 3. The second-order valence-corrected chi connectivity index (χ2v) is 13.6. The maximum Gasteiger partial charge on any atom is 0.0540 e. The maximum atomic E-state index is 2.39. The Kier molecular flexibility index (Phi) is 7.77. The van der Waals surface area contributed by atoms with Crippen LogP contribution in [-0.2, 0) is 0 Å². The van der Waals surface area contributed by atoms with Gasteiger partial charge in [-0.1, -0.05) is 152 Å². The van der Waals surface area contributed by atoms with Crippen molar-refractivity contribution in [2.24, 2.45) is 0 Å². The molecule has 0 unspecified atom stereocenters. The molecule has 1 nitrogen and oxygen atoms in total. The molecule has 0 saturated carbocycles. The maximum absolute atomic E-state index is 2.39. The first-order valence-corrected chi connectivity index (χ1v) is 17.8. The molecule has 236 valence electrons. The third-order valence-electron chi connectivity index (χ3n) is 9.50. The summed E-state index contributed by atoms with van der Waals surface area (Å²) < 4.78 is 2.63. The van der Waals surface area contributed by atoms with Gasteiger partial charge in [0.1, 0.15) is 0 Å². The summed E-state index contributed by atoms with van der Waals surface area (Å²) in [5.74, 6) is 0. The van der Waals surface area contributed by atoms with E-state index < -0.39 is 0 Å². The highest BCUT2D eigenvalue weighted by Crippen LogP contribution is 2.44. The summed E-state index contributed by atoms with van der Waals surface area (Å²) in [5, 5.41) is 2.63. The lowest BCUT2D eigenvalue weighted by Gasteiger charge is -2.28. The number of nitrogens with zero attached hydrogens (tertiary/aromatic N) is 1. The van der Waals surface area contributed by atoms with Crippen molar-refractivity contribution in [2.45, 2.75) is 0 Å². The highest BCUT2D eigenvalue weighted by atomic mass is 32.1. The Morgan fingerprint density at radius 2 is 0.760 bits per heavy atom. The molecule has 8 aromatic carbocycles. The molecule has 0 atom stereocenters. The lowest BCUT2D eigenvalue weighted by molar-refractivity contribution is 1.28. The molecule has 50 heavy (non-hydrogen) atoms. The van der Waals surface area contributed by atoms with Crippen molar-refractivity contribution in [3.63, 3.8) is 0 Å². The predicted octanol–water partition coefficient (Wildman–Crippen LogP) is 14.2. The second kappa shape index (κ2) is 13.0. The van der Waals surface area contributed by atoms with E-state index in [4.69, 9.17) is 0 Å². The number of hydrogen-bond acceptors (Lipinski definition) is 2. The number of fused-ring (bicyclic) bond motifs is 3. The van der Waals surface area contributed by atoms with Crippen LogP contribution in [0.1, 0.15) is 0 Å². The standard InChI is InChI=1S/C48H33NS/c1-4-14-34(15-5-1)35-24-28-39(29-25-35)49(46-22-12-10-20-41(46)36-16-6-2-7-17-36)40-30-26-38(27-31-40)44-33-48-45(42-21-11-13-23-47(42)50-48)32-43(44)37-18-8-3-9-19-37/h1-33H. The van der Waals surface area contributed by atoms with E-state index in [1.165, 1.54) is 64.7 Å². The van der Waals surface area contributed by atoms with E-state index in [2.05, 4.69) is 205 Å². The number of benzene rings is 8. The van der Waals surface area contributed by atoms with Crippen LogP contribution in [0, 0.1) is 0 Å². The van der Waals surface area contributed by atoms with E-state index in [-0.39, 0.29) is 0 Å². The molecule has 0 N–H and O–H groups in total. The van der Waals surface area contributed by atoms with Crippen molar-refractivity contribution < 1.29 is 0 Å². The van der Waals surface area contributed by atoms with E-state index in [1.54, 1.807) is 0 Å². The fraction of sp³-hybridized carbons (Fsp3) is 0. The van der Waals surface area contributed by atoms with Crippen LogP contribution in [0.2, 0.25) is 0 Å². The average molecular weight is 656 g/mol. The Morgan fingerprint density at radius 3 is 1.42 bits per heavy atom. The van der Waals surface area contributed by atoms with Crippen LogP contribution in [0.5, 0.6) is 0 Å². The van der Waals surface area contributed by atoms with Gasteiger partial charge in [-0.2, -0.15) is 0 Å². The highest BCUT2D eigenvalue weighted by molar-refractivity contribution is 7.25. The lowest BCUT2D eigenvalue weighted by Crippen LogP contribution is -2.11. The summed E-state index contributed by atoms with van der Waals surface area (Å²) in [6.45, 7) is 0. The SMILES string of the molecule is c1ccc(-c2ccc(N(c3ccc(-c4cc5sc6ccccc6c5cc4-c4ccccc4)cc3)c3ccccc3-c3ccccc3)cc2)cc1. The summed E-state index contributed by atoms with van der Waals surface area (Å²) in [7, 11) is 0. The minimum atomic E-state index is 1.11. The van der Waals surface area contributed by atoms with Gasteiger partial charge in [-0.3, -0.25) is 0 Å². The molecule has 0 spiro atoms. The first-order chi connectivity index (χ1) is 24.8. The summed E-state index contributed by atoms with van der Waals surface area (Å²) >= 11 is 1.87. The fourth-order valence-corrected chi connectivity index (χ4v) is 8.18. The first-order valence-electron chi connectivity index (χ1n) is 17.0. The molecule has 0 bridgehead atoms. The van der Waals surface area contributed by atoms with Gasteiger partial charge in [0.2, 0.25) is 0 Å². The quantitative estimate of drug-likeness (QED) is 0.165. The van der Waals surface area contributed by atoms with E-state index in [0.29, 0.717) is 0 Å². The molecule has 0 aliphatic rings. The van der Waals surface area contributed by atoms with Gasteiger partial charge in [-0.05, 0) is 87.5 Å². The second-order valence-electron chi connectivity index (χ2n) is 12.5. The largest absolute Gasteiger partial charge is 0.310 e. The first kappa shape index (κ1) is 29.9. The molecule has 1 aromatic heterocycles. The van der Waals surface area contributed by atoms with Gasteiger partial charge in [0, 0.05) is 37.1 Å². The Labute approximate surface area is 297 Å². The van der Waals surface area contributed by atoms with E-state index in [1.807, 2.05) is 11.3 Å². The summed E-state index contributed by atoms with van der Waals surface area (Å²) in [6.07, 6.45) is 0. The van der Waals surface area contributed by atoms with Gasteiger partial charge in [0.05, 0.1) is 5.69 Å². The van der Waals surface area contributed by atoms with Gasteiger partial charge in [0.15, 0.2) is 0 Å². The van der Waals surface area contributed by atoms with Crippen LogP contribution < -0.4 is 4.90 Å². The zero-order valence-electron chi connectivity index (χ0n) is 27.4. The zero-order chi connectivity index (χ0) is 33.3. The molecule has 0 aliphatic heterocycles. The van der Waals surface area contributed by atoms with Crippen LogP contribution in [0.15, 0.2) is 200 Å². The Morgan fingerprint density at radius 1 is 0.300 bits per heavy atom. The highest BCUT2D eigenvalue weighted by Gasteiger charge is 2.19. The topological polar surface area (TPSA) is 3.24 Å². The molecule has 1 heterocycles. The Hall–Kier alpha value is -6.22. The monoisotopic (exact) mass is 655 g/mol. The molecular weight excluding hydrogens is 623 g/mol. The van der Waals surface area contributed by atoms with Gasteiger partial charge in [-0.25, -0.2) is 0 Å². The van der Waals surface area contributed by atoms with Crippen molar-refractivity contribution in [1.29, 1.82) is 0 Å². The van der Waals surface area contributed by atoms with Crippen LogP contribution in [-0.4, -0.2) is 0 Å². The zero-order valence-corrected chi connectivity index (χ0v) is 28.2. The summed E-state index contributed by atoms with van der Waals surface area (Å²) in [6, 6.07) is 72.3. The van der Waals surface area contributed by atoms with Gasteiger partial charge < -0.3 is 4.90 Å². The van der Waals surface area contributed by atoms with Gasteiger partial charge in [-0.15, -0.1) is 11.3 Å². The number of hydrogen-bond donors (Lipinski definition) is 0. The van der Waals surface area contributed by atoms with Gasteiger partial charge >= 0.3 is 0 Å². The Bertz CT molecular complexity index is 2550. The van der Waals surface area contributed by atoms with Crippen molar-refractivity contribution >= 4 is 48.6 Å². The normalized spacial score (nSPS) is 11.2. The summed E-state index contributed by atoms with van der Waals surface area (Å²) in [5.41, 5.74) is 13.0. The molecule has 9 aromatic rings. The van der Waals surface area contributed by atoms with Crippen molar-refractivity contribution in [3.05, 3.63) is 200 Å². The summed E-state index contributed by atoms with van der Waals surface area (Å²) in [4.78, 5) is 2.38. The van der Waals surface area contributed by atoms with Crippen molar-refractivity contribution in [2.75, 3.05) is 4.90 Å². The van der Waals surface area contributed by atoms with Crippen LogP contribution in [0.4, 0.5) is 17.1 Å². The molecule has 9 rings (SSSR count). The van der Waals surface area contributed by atoms with Crippen molar-refractivity contribution in [3.8, 4) is 44.5 Å². The molecule has 0 fully saturated rings. The minimum absolute atomic E-state index is 1.11. The van der Waals surface area contributed by atoms with E-state index in [0.717, 1.165) is 17.1 Å². The molecule has 0 radical (unpaired) electrons. The molecule has 2 heteroatoms. The molecule has 0 amide bonds. The number of thiophene rings is 1. The van der Waals surface area contributed by atoms with E-state index >= 15 is 0 Å². The van der Waals surface area contributed by atoms with Gasteiger partial charge in [0.25, 0.3) is 0 Å². The predicted molar refractivity (Wildman–Crippen MR) is 216 cm³/mol. The van der Waals surface area contributed by atoms with E-state index in [9.17, 15) is 0 Å². The van der Waals surface area contributed by atoms with Crippen molar-refractivity contribution in [1.82, 2.24) is 0 Å². The smallest absolute Gasteiger partial charge is 0.0540 e. The van der Waals surface area contributed by atoms with Crippen LogP contribution in [0.3, 0.4) is 0 Å². The number of para-hydroxylation sites is 1. The fourth-order valence-electron chi connectivity index (χ4n) is 7.05. The lowest BCUT2D eigenvalue weighted by atomic mass is 9.92.